The van der Waals surface area contributed by atoms with Crippen LogP contribution in [-0.2, 0) is 14.8 Å². The van der Waals surface area contributed by atoms with Crippen LogP contribution in [-0.4, -0.2) is 32.2 Å². The number of rotatable bonds is 7. The van der Waals surface area contributed by atoms with Gasteiger partial charge in [0.25, 0.3) is 15.9 Å². The first-order chi connectivity index (χ1) is 16.8. The number of aryl methyl sites for hydroxylation is 1. The minimum Gasteiger partial charge on any atom is -0.507 e. The Balaban J connectivity index is 1.61. The van der Waals surface area contributed by atoms with Crippen LogP contribution < -0.4 is 9.73 Å². The Labute approximate surface area is 208 Å². The molecule has 4 aromatic carbocycles. The van der Waals surface area contributed by atoms with Crippen LogP contribution >= 0.6 is 11.6 Å². The molecule has 0 heterocycles. The number of hydrogen-bond acceptors (Lipinski definition) is 5. The summed E-state index contributed by atoms with van der Waals surface area (Å²) in [6.45, 7) is 1.27. The molecule has 0 aliphatic heterocycles. The van der Waals surface area contributed by atoms with E-state index in [0.29, 0.717) is 10.6 Å². The van der Waals surface area contributed by atoms with Crippen molar-refractivity contribution in [2.45, 2.75) is 11.8 Å². The lowest BCUT2D eigenvalue weighted by Gasteiger charge is -2.24. The number of phenolic OH excluding ortho intramolecular Hbond substituents is 1. The van der Waals surface area contributed by atoms with Crippen LogP contribution in [0.1, 0.15) is 11.1 Å². The number of halogens is 1. The lowest BCUT2D eigenvalue weighted by atomic mass is 10.0. The first-order valence-corrected chi connectivity index (χ1v) is 12.5. The number of nitrogens with zero attached hydrogens (tertiary/aromatic N) is 2. The molecule has 0 unspecified atom stereocenters. The van der Waals surface area contributed by atoms with Gasteiger partial charge in [-0.15, -0.1) is 0 Å². The van der Waals surface area contributed by atoms with Crippen LogP contribution in [0.2, 0.25) is 5.02 Å². The van der Waals surface area contributed by atoms with Gasteiger partial charge in [0.1, 0.15) is 12.3 Å². The van der Waals surface area contributed by atoms with E-state index in [-0.39, 0.29) is 16.3 Å². The van der Waals surface area contributed by atoms with Gasteiger partial charge < -0.3 is 5.11 Å². The van der Waals surface area contributed by atoms with Gasteiger partial charge in [-0.2, -0.15) is 5.10 Å². The maximum absolute atomic E-state index is 13.4. The van der Waals surface area contributed by atoms with Gasteiger partial charge >= 0.3 is 0 Å². The van der Waals surface area contributed by atoms with Crippen molar-refractivity contribution in [2.75, 3.05) is 10.8 Å². The zero-order valence-corrected chi connectivity index (χ0v) is 20.3. The van der Waals surface area contributed by atoms with Crippen molar-refractivity contribution in [3.05, 3.63) is 101 Å². The fourth-order valence-corrected chi connectivity index (χ4v) is 5.13. The Kier molecular flexibility index (Phi) is 7.04. The molecule has 0 saturated carbocycles. The summed E-state index contributed by atoms with van der Waals surface area (Å²) < 4.78 is 27.7. The second kappa shape index (κ2) is 10.2. The molecule has 7 nitrogen and oxygen atoms in total. The van der Waals surface area contributed by atoms with E-state index in [2.05, 4.69) is 10.5 Å². The highest BCUT2D eigenvalue weighted by Crippen LogP contribution is 2.28. The fraction of sp³-hybridized carbons (Fsp3) is 0.0769. The maximum Gasteiger partial charge on any atom is 0.264 e. The highest BCUT2D eigenvalue weighted by atomic mass is 35.5. The van der Waals surface area contributed by atoms with Crippen LogP contribution in [0.25, 0.3) is 10.8 Å². The number of amides is 1. The molecule has 0 saturated heterocycles. The number of sulfonamides is 1. The second-order valence-corrected chi connectivity index (χ2v) is 10.0. The molecule has 1 amide bonds. The third-order valence-electron chi connectivity index (χ3n) is 5.39. The van der Waals surface area contributed by atoms with Crippen molar-refractivity contribution in [3.8, 4) is 5.75 Å². The molecular weight excluding hydrogens is 486 g/mol. The molecule has 0 radical (unpaired) electrons. The molecule has 4 rings (SSSR count). The van der Waals surface area contributed by atoms with Crippen LogP contribution in [0.5, 0.6) is 5.75 Å². The number of hydrogen-bond donors (Lipinski definition) is 2. The summed E-state index contributed by atoms with van der Waals surface area (Å²) in [6, 6.07) is 23.3. The molecule has 9 heteroatoms. The van der Waals surface area contributed by atoms with E-state index in [9.17, 15) is 18.3 Å². The van der Waals surface area contributed by atoms with Crippen LogP contribution in [0, 0.1) is 6.92 Å². The molecule has 0 atom stereocenters. The normalized spacial score (nSPS) is 11.6. The van der Waals surface area contributed by atoms with E-state index < -0.39 is 22.5 Å². The predicted molar refractivity (Wildman–Crippen MR) is 139 cm³/mol. The Hall–Kier alpha value is -3.88. The van der Waals surface area contributed by atoms with Gasteiger partial charge in [-0.3, -0.25) is 9.10 Å². The summed E-state index contributed by atoms with van der Waals surface area (Å²) in [4.78, 5) is 12.8. The maximum atomic E-state index is 13.4. The Morgan fingerprint density at radius 2 is 1.74 bits per heavy atom. The number of anilines is 1. The van der Waals surface area contributed by atoms with Gasteiger partial charge in [-0.25, -0.2) is 13.8 Å². The number of nitrogens with one attached hydrogen (secondary N) is 1. The van der Waals surface area contributed by atoms with Gasteiger partial charge in [0.15, 0.2) is 0 Å². The molecule has 0 aliphatic rings. The van der Waals surface area contributed by atoms with Gasteiger partial charge in [0.2, 0.25) is 0 Å². The third-order valence-corrected chi connectivity index (χ3v) is 7.59. The van der Waals surface area contributed by atoms with E-state index in [0.717, 1.165) is 20.6 Å². The molecule has 35 heavy (non-hydrogen) atoms. The van der Waals surface area contributed by atoms with Crippen molar-refractivity contribution >= 4 is 50.2 Å². The Bertz CT molecular complexity index is 1520. The molecule has 4 aromatic rings. The summed E-state index contributed by atoms with van der Waals surface area (Å²) in [5, 5.41) is 16.2. The molecule has 0 bridgehead atoms. The fourth-order valence-electron chi connectivity index (χ4n) is 3.53. The highest BCUT2D eigenvalue weighted by molar-refractivity contribution is 7.92. The van der Waals surface area contributed by atoms with Crippen molar-refractivity contribution in [2.24, 2.45) is 5.10 Å². The Morgan fingerprint density at radius 3 is 2.49 bits per heavy atom. The van der Waals surface area contributed by atoms with Crippen LogP contribution in [0.3, 0.4) is 0 Å². The minimum absolute atomic E-state index is 0.00396. The van der Waals surface area contributed by atoms with Crippen molar-refractivity contribution in [3.63, 3.8) is 0 Å². The van der Waals surface area contributed by atoms with E-state index in [1.807, 2.05) is 24.3 Å². The first-order valence-electron chi connectivity index (χ1n) is 10.6. The molecule has 0 fully saturated rings. The third kappa shape index (κ3) is 5.29. The number of benzene rings is 4. The molecule has 0 spiro atoms. The summed E-state index contributed by atoms with van der Waals surface area (Å²) in [7, 11) is -4.07. The monoisotopic (exact) mass is 507 g/mol. The number of carbonyl (C=O) groups is 1. The van der Waals surface area contributed by atoms with E-state index >= 15 is 0 Å². The molecule has 178 valence electrons. The summed E-state index contributed by atoms with van der Waals surface area (Å²) >= 11 is 6.24. The molecule has 0 aliphatic carbocycles. The lowest BCUT2D eigenvalue weighted by molar-refractivity contribution is -0.119. The number of carbonyl (C=O) groups excluding carboxylic acids is 1. The summed E-state index contributed by atoms with van der Waals surface area (Å²) in [5.74, 6) is -0.665. The first kappa shape index (κ1) is 24.3. The van der Waals surface area contributed by atoms with Gasteiger partial charge in [-0.05, 0) is 53.6 Å². The van der Waals surface area contributed by atoms with Crippen LogP contribution in [0.15, 0.2) is 94.9 Å². The van der Waals surface area contributed by atoms with Crippen LogP contribution in [0.4, 0.5) is 5.69 Å². The standard InChI is InChI=1S/C26H22ClN3O4S/c1-18-11-13-20(15-24(18)27)30(35(33,34)21-8-3-2-4-9-21)17-26(32)29-28-16-23-22-10-6-5-7-19(22)12-14-25(23)31/h2-16,31H,17H2,1H3,(H,29,32)/b28-16-. The average Bonchev–Trinajstić information content (AvgIpc) is 2.86. The second-order valence-electron chi connectivity index (χ2n) is 7.77. The highest BCUT2D eigenvalue weighted by Gasteiger charge is 2.27. The largest absolute Gasteiger partial charge is 0.507 e. The van der Waals surface area contributed by atoms with E-state index in [1.54, 1.807) is 49.4 Å². The average molecular weight is 508 g/mol. The van der Waals surface area contributed by atoms with Gasteiger partial charge in [0.05, 0.1) is 16.8 Å². The van der Waals surface area contributed by atoms with Gasteiger partial charge in [0, 0.05) is 10.6 Å². The summed E-state index contributed by atoms with van der Waals surface area (Å²) in [6.07, 6.45) is 1.33. The van der Waals surface area contributed by atoms with Crippen molar-refractivity contribution in [1.82, 2.24) is 5.43 Å². The molecule has 0 aromatic heterocycles. The number of phenols is 1. The molecule has 2 N–H and O–H groups in total. The zero-order valence-electron chi connectivity index (χ0n) is 18.7. The Morgan fingerprint density at radius 1 is 1.03 bits per heavy atom. The zero-order chi connectivity index (χ0) is 25.0. The summed E-state index contributed by atoms with van der Waals surface area (Å²) in [5.41, 5.74) is 3.81. The smallest absolute Gasteiger partial charge is 0.264 e. The number of aromatic hydroxyl groups is 1. The minimum atomic E-state index is -4.07. The predicted octanol–water partition coefficient (Wildman–Crippen LogP) is 4.85. The number of hydrazone groups is 1. The van der Waals surface area contributed by atoms with Crippen molar-refractivity contribution in [1.29, 1.82) is 0 Å². The van der Waals surface area contributed by atoms with E-state index in [4.69, 9.17) is 11.6 Å². The topological polar surface area (TPSA) is 99.1 Å². The SMILES string of the molecule is Cc1ccc(N(CC(=O)N/N=C\c2c(O)ccc3ccccc23)S(=O)(=O)c2ccccc2)cc1Cl. The molecular formula is C26H22ClN3O4S. The quantitative estimate of drug-likeness (QED) is 0.276. The van der Waals surface area contributed by atoms with Crippen molar-refractivity contribution < 1.29 is 18.3 Å². The van der Waals surface area contributed by atoms with Gasteiger partial charge in [-0.1, -0.05) is 66.2 Å². The number of fused-ring (bicyclic) bond motifs is 1. The van der Waals surface area contributed by atoms with E-state index in [1.165, 1.54) is 24.4 Å². The lowest BCUT2D eigenvalue weighted by Crippen LogP contribution is -2.39.